The lowest BCUT2D eigenvalue weighted by atomic mass is 9.90. The van der Waals surface area contributed by atoms with Gasteiger partial charge >= 0.3 is 6.09 Å². The molecular formula is C20H27N3O3. The van der Waals surface area contributed by atoms with Gasteiger partial charge in [0, 0.05) is 44.9 Å². The zero-order valence-electron chi connectivity index (χ0n) is 15.7. The van der Waals surface area contributed by atoms with Gasteiger partial charge in [-0.2, -0.15) is 0 Å². The molecule has 140 valence electrons. The lowest BCUT2D eigenvalue weighted by Crippen LogP contribution is -2.47. The first-order chi connectivity index (χ1) is 12.3. The van der Waals surface area contributed by atoms with Crippen LogP contribution in [0.4, 0.5) is 4.79 Å². The van der Waals surface area contributed by atoms with E-state index in [9.17, 15) is 9.90 Å². The summed E-state index contributed by atoms with van der Waals surface area (Å²) in [7, 11) is 0. The average molecular weight is 357 g/mol. The van der Waals surface area contributed by atoms with Gasteiger partial charge in [-0.15, -0.1) is 0 Å². The van der Waals surface area contributed by atoms with Gasteiger partial charge in [-0.25, -0.2) is 9.78 Å². The standard InChI is InChI=1S/C20H27N3O3/c1-19(2,3)26-18(24)22-12-9-20(25,10-13-22)17-21-11-14-23(17)15-16-7-5-4-6-8-16/h4-8,11,14,25H,9-10,12-13,15H2,1-3H3. The number of amides is 1. The Kier molecular flexibility index (Phi) is 5.05. The van der Waals surface area contributed by atoms with E-state index in [1.165, 1.54) is 0 Å². The monoisotopic (exact) mass is 357 g/mol. The Labute approximate surface area is 154 Å². The first kappa shape index (κ1) is 18.5. The Hall–Kier alpha value is -2.34. The van der Waals surface area contributed by atoms with Crippen LogP contribution in [-0.4, -0.2) is 44.3 Å². The van der Waals surface area contributed by atoms with E-state index in [1.807, 2.05) is 49.7 Å². The molecule has 1 aromatic heterocycles. The Morgan fingerprint density at radius 1 is 1.23 bits per heavy atom. The van der Waals surface area contributed by atoms with Crippen molar-refractivity contribution in [3.8, 4) is 0 Å². The topological polar surface area (TPSA) is 67.6 Å². The minimum Gasteiger partial charge on any atom is -0.444 e. The van der Waals surface area contributed by atoms with Gasteiger partial charge in [0.25, 0.3) is 0 Å². The molecular weight excluding hydrogens is 330 g/mol. The van der Waals surface area contributed by atoms with Gasteiger partial charge in [0.15, 0.2) is 0 Å². The van der Waals surface area contributed by atoms with Gasteiger partial charge in [-0.05, 0) is 26.3 Å². The first-order valence-corrected chi connectivity index (χ1v) is 9.03. The van der Waals surface area contributed by atoms with Crippen LogP contribution in [0.5, 0.6) is 0 Å². The molecule has 3 rings (SSSR count). The van der Waals surface area contributed by atoms with E-state index in [0.29, 0.717) is 38.3 Å². The van der Waals surface area contributed by atoms with Crippen LogP contribution in [0.15, 0.2) is 42.7 Å². The number of aromatic nitrogens is 2. The smallest absolute Gasteiger partial charge is 0.410 e. The summed E-state index contributed by atoms with van der Waals surface area (Å²) in [5.41, 5.74) is -0.394. The Morgan fingerprint density at radius 2 is 1.88 bits per heavy atom. The summed E-state index contributed by atoms with van der Waals surface area (Å²) in [6.45, 7) is 7.12. The molecule has 1 N–H and O–H groups in total. The normalized spacial score (nSPS) is 17.2. The fourth-order valence-corrected chi connectivity index (χ4v) is 3.23. The number of likely N-dealkylation sites (tertiary alicyclic amines) is 1. The molecule has 1 fully saturated rings. The summed E-state index contributed by atoms with van der Waals surface area (Å²) in [5, 5.41) is 11.2. The number of piperidine rings is 1. The zero-order valence-corrected chi connectivity index (χ0v) is 15.7. The van der Waals surface area contributed by atoms with Crippen LogP contribution in [0.25, 0.3) is 0 Å². The maximum absolute atomic E-state index is 12.2. The van der Waals surface area contributed by atoms with Crippen molar-refractivity contribution in [1.29, 1.82) is 0 Å². The molecule has 6 nitrogen and oxygen atoms in total. The molecule has 0 atom stereocenters. The van der Waals surface area contributed by atoms with Crippen LogP contribution >= 0.6 is 0 Å². The van der Waals surface area contributed by atoms with Crippen LogP contribution < -0.4 is 0 Å². The maximum atomic E-state index is 12.2. The summed E-state index contributed by atoms with van der Waals surface area (Å²) in [6, 6.07) is 10.1. The van der Waals surface area contributed by atoms with Crippen molar-refractivity contribution in [1.82, 2.24) is 14.5 Å². The molecule has 0 bridgehead atoms. The lowest BCUT2D eigenvalue weighted by molar-refractivity contribution is -0.0426. The SMILES string of the molecule is CC(C)(C)OC(=O)N1CCC(O)(c2nccn2Cc2ccccc2)CC1. The van der Waals surface area contributed by atoms with Crippen molar-refractivity contribution < 1.29 is 14.6 Å². The summed E-state index contributed by atoms with van der Waals surface area (Å²) in [4.78, 5) is 18.3. The highest BCUT2D eigenvalue weighted by Crippen LogP contribution is 2.32. The number of benzene rings is 1. The number of hydrogen-bond acceptors (Lipinski definition) is 4. The molecule has 0 radical (unpaired) electrons. The number of rotatable bonds is 3. The minimum absolute atomic E-state index is 0.327. The second kappa shape index (κ2) is 7.11. The van der Waals surface area contributed by atoms with Crippen LogP contribution in [0.2, 0.25) is 0 Å². The van der Waals surface area contributed by atoms with Gasteiger partial charge in [0.1, 0.15) is 17.0 Å². The second-order valence-corrected chi connectivity index (χ2v) is 7.86. The number of aliphatic hydroxyl groups is 1. The number of nitrogens with zero attached hydrogens (tertiary/aromatic N) is 3. The van der Waals surface area contributed by atoms with Gasteiger partial charge in [-0.3, -0.25) is 0 Å². The summed E-state index contributed by atoms with van der Waals surface area (Å²) in [5.74, 6) is 0.658. The van der Waals surface area contributed by atoms with Gasteiger partial charge in [-0.1, -0.05) is 30.3 Å². The molecule has 0 saturated carbocycles. The molecule has 1 saturated heterocycles. The first-order valence-electron chi connectivity index (χ1n) is 9.03. The molecule has 0 unspecified atom stereocenters. The molecule has 0 aliphatic carbocycles. The molecule has 2 aromatic rings. The van der Waals surface area contributed by atoms with Crippen molar-refractivity contribution in [2.45, 2.75) is 51.4 Å². The van der Waals surface area contributed by atoms with E-state index in [1.54, 1.807) is 11.1 Å². The molecule has 1 aromatic carbocycles. The van der Waals surface area contributed by atoms with Crippen LogP contribution in [-0.2, 0) is 16.9 Å². The van der Waals surface area contributed by atoms with Crippen LogP contribution in [0, 0.1) is 0 Å². The predicted octanol–water partition coefficient (Wildman–Crippen LogP) is 3.15. The number of carbonyl (C=O) groups excluding carboxylic acids is 1. The Morgan fingerprint density at radius 3 is 2.50 bits per heavy atom. The molecule has 2 heterocycles. The lowest BCUT2D eigenvalue weighted by Gasteiger charge is -2.38. The van der Waals surface area contributed by atoms with Crippen LogP contribution in [0.3, 0.4) is 0 Å². The minimum atomic E-state index is -1.03. The summed E-state index contributed by atoms with van der Waals surface area (Å²) >= 11 is 0. The van der Waals surface area contributed by atoms with E-state index in [4.69, 9.17) is 4.74 Å². The fraction of sp³-hybridized carbons (Fsp3) is 0.500. The highest BCUT2D eigenvalue weighted by molar-refractivity contribution is 5.68. The fourth-order valence-electron chi connectivity index (χ4n) is 3.23. The molecule has 0 spiro atoms. The second-order valence-electron chi connectivity index (χ2n) is 7.86. The van der Waals surface area contributed by atoms with Crippen molar-refractivity contribution in [2.75, 3.05) is 13.1 Å². The Balaban J connectivity index is 1.68. The van der Waals surface area contributed by atoms with E-state index in [-0.39, 0.29) is 6.09 Å². The highest BCUT2D eigenvalue weighted by Gasteiger charge is 2.39. The number of ether oxygens (including phenoxy) is 1. The predicted molar refractivity (Wildman–Crippen MR) is 98.7 cm³/mol. The van der Waals surface area contributed by atoms with Gasteiger partial charge in [0.2, 0.25) is 0 Å². The van der Waals surface area contributed by atoms with Crippen molar-refractivity contribution in [3.63, 3.8) is 0 Å². The third kappa shape index (κ3) is 4.25. The highest BCUT2D eigenvalue weighted by atomic mass is 16.6. The zero-order chi connectivity index (χ0) is 18.8. The van der Waals surface area contributed by atoms with Crippen molar-refractivity contribution in [2.24, 2.45) is 0 Å². The quantitative estimate of drug-likeness (QED) is 0.916. The largest absolute Gasteiger partial charge is 0.444 e. The molecule has 26 heavy (non-hydrogen) atoms. The maximum Gasteiger partial charge on any atom is 0.410 e. The van der Waals surface area contributed by atoms with E-state index in [0.717, 1.165) is 5.56 Å². The third-order valence-corrected chi connectivity index (χ3v) is 4.57. The van der Waals surface area contributed by atoms with E-state index < -0.39 is 11.2 Å². The molecule has 6 heteroatoms. The van der Waals surface area contributed by atoms with E-state index in [2.05, 4.69) is 17.1 Å². The van der Waals surface area contributed by atoms with Crippen LogP contribution in [0.1, 0.15) is 45.0 Å². The molecule has 1 amide bonds. The number of imidazole rings is 1. The van der Waals surface area contributed by atoms with Crippen molar-refractivity contribution >= 4 is 6.09 Å². The van der Waals surface area contributed by atoms with Gasteiger partial charge < -0.3 is 19.3 Å². The summed E-state index contributed by atoms with van der Waals surface area (Å²) in [6.07, 6.45) is 4.17. The van der Waals surface area contributed by atoms with Gasteiger partial charge in [0.05, 0.1) is 0 Å². The third-order valence-electron chi connectivity index (χ3n) is 4.57. The van der Waals surface area contributed by atoms with Crippen molar-refractivity contribution in [3.05, 3.63) is 54.1 Å². The molecule has 1 aliphatic heterocycles. The Bertz CT molecular complexity index is 741. The molecule has 1 aliphatic rings. The summed E-state index contributed by atoms with van der Waals surface area (Å²) < 4.78 is 7.41. The average Bonchev–Trinajstić information content (AvgIpc) is 3.04. The van der Waals surface area contributed by atoms with E-state index >= 15 is 0 Å². The number of carbonyl (C=O) groups is 1. The number of hydrogen-bond donors (Lipinski definition) is 1.